The zero-order chi connectivity index (χ0) is 18.5. The summed E-state index contributed by atoms with van der Waals surface area (Å²) in [5.74, 6) is 0.673. The minimum absolute atomic E-state index is 0.109. The van der Waals surface area contributed by atoms with Crippen molar-refractivity contribution in [1.29, 1.82) is 0 Å². The molecule has 0 saturated heterocycles. The maximum absolute atomic E-state index is 12.2. The lowest BCUT2D eigenvalue weighted by Crippen LogP contribution is -2.26. The van der Waals surface area contributed by atoms with E-state index >= 15 is 0 Å². The van der Waals surface area contributed by atoms with Crippen LogP contribution < -0.4 is 10.1 Å². The van der Waals surface area contributed by atoms with E-state index in [9.17, 15) is 4.79 Å². The van der Waals surface area contributed by atoms with Gasteiger partial charge in [0.15, 0.2) is 0 Å². The van der Waals surface area contributed by atoms with Crippen molar-refractivity contribution in [1.82, 2.24) is 15.1 Å². The molecule has 1 N–H and O–H groups in total. The lowest BCUT2D eigenvalue weighted by molar-refractivity contribution is 0.0956. The number of rotatable bonds is 7. The minimum Gasteiger partial charge on any atom is -0.489 e. The lowest BCUT2D eigenvalue weighted by Gasteiger charge is -2.08. The predicted octanol–water partition coefficient (Wildman–Crippen LogP) is 4.57. The van der Waals surface area contributed by atoms with Crippen LogP contribution in [0.4, 0.5) is 0 Å². The van der Waals surface area contributed by atoms with Crippen molar-refractivity contribution in [3.63, 3.8) is 0 Å². The van der Waals surface area contributed by atoms with Gasteiger partial charge in [0.1, 0.15) is 12.4 Å². The van der Waals surface area contributed by atoms with E-state index in [1.165, 1.54) is 11.3 Å². The summed E-state index contributed by atoms with van der Waals surface area (Å²) in [6, 6.07) is 7.34. The second-order valence-electron chi connectivity index (χ2n) is 5.70. The fourth-order valence-corrected chi connectivity index (χ4v) is 3.53. The number of carbonyl (C=O) groups excluding carboxylic acids is 1. The van der Waals surface area contributed by atoms with Crippen LogP contribution in [-0.2, 0) is 13.2 Å². The van der Waals surface area contributed by atoms with Crippen molar-refractivity contribution < 1.29 is 9.53 Å². The number of nitrogens with one attached hydrogen (secondary N) is 1. The zero-order valence-corrected chi connectivity index (χ0v) is 16.4. The van der Waals surface area contributed by atoms with Gasteiger partial charge in [0, 0.05) is 23.3 Å². The summed E-state index contributed by atoms with van der Waals surface area (Å²) < 4.78 is 7.49. The van der Waals surface area contributed by atoms with Gasteiger partial charge in [-0.15, -0.1) is 11.3 Å². The van der Waals surface area contributed by atoms with Gasteiger partial charge >= 0.3 is 0 Å². The van der Waals surface area contributed by atoms with Crippen molar-refractivity contribution >= 4 is 40.4 Å². The number of hydrogen-bond donors (Lipinski definition) is 1. The first-order valence-corrected chi connectivity index (χ1v) is 9.57. The number of ether oxygens (including phenoxy) is 1. The van der Waals surface area contributed by atoms with Gasteiger partial charge in [0.25, 0.3) is 5.91 Å². The van der Waals surface area contributed by atoms with Crippen LogP contribution in [0.2, 0.25) is 10.0 Å². The molecule has 0 spiro atoms. The molecule has 0 atom stereocenters. The number of benzene rings is 1. The highest BCUT2D eigenvalue weighted by Crippen LogP contribution is 2.23. The van der Waals surface area contributed by atoms with Crippen LogP contribution in [0, 0.1) is 6.92 Å². The summed E-state index contributed by atoms with van der Waals surface area (Å²) in [5.41, 5.74) is 1.93. The molecule has 0 bridgehead atoms. The molecule has 0 radical (unpaired) electrons. The summed E-state index contributed by atoms with van der Waals surface area (Å²) in [7, 11) is 0. The van der Waals surface area contributed by atoms with E-state index in [0.29, 0.717) is 34.6 Å². The molecule has 8 heteroatoms. The maximum Gasteiger partial charge on any atom is 0.261 e. The molecule has 5 nitrogen and oxygen atoms in total. The Labute approximate surface area is 165 Å². The van der Waals surface area contributed by atoms with E-state index in [2.05, 4.69) is 10.4 Å². The topological polar surface area (TPSA) is 56.1 Å². The molecule has 0 aliphatic heterocycles. The van der Waals surface area contributed by atoms with Crippen molar-refractivity contribution in [3.05, 3.63) is 68.1 Å². The van der Waals surface area contributed by atoms with Gasteiger partial charge in [0.05, 0.1) is 22.6 Å². The quantitative estimate of drug-likeness (QED) is 0.621. The fourth-order valence-electron chi connectivity index (χ4n) is 2.34. The molecule has 26 heavy (non-hydrogen) atoms. The molecule has 0 fully saturated rings. The van der Waals surface area contributed by atoms with Gasteiger partial charge in [-0.25, -0.2) is 0 Å². The normalized spacial score (nSPS) is 10.7. The first-order valence-electron chi connectivity index (χ1n) is 7.94. The Morgan fingerprint density at radius 1 is 1.31 bits per heavy atom. The summed E-state index contributed by atoms with van der Waals surface area (Å²) in [6.45, 7) is 3.39. The maximum atomic E-state index is 12.2. The molecule has 2 heterocycles. The fraction of sp³-hybridized carbons (Fsp3) is 0.222. The average molecular weight is 410 g/mol. The summed E-state index contributed by atoms with van der Waals surface area (Å²) >= 11 is 13.1. The monoisotopic (exact) mass is 409 g/mol. The summed E-state index contributed by atoms with van der Waals surface area (Å²) in [5, 5.41) is 10.1. The number of amides is 1. The third-order valence-corrected chi connectivity index (χ3v) is 5.05. The van der Waals surface area contributed by atoms with Crippen molar-refractivity contribution in [2.45, 2.75) is 20.1 Å². The van der Waals surface area contributed by atoms with Gasteiger partial charge in [-0.3, -0.25) is 9.48 Å². The first kappa shape index (κ1) is 18.8. The molecule has 0 aliphatic rings. The number of hydrogen-bond acceptors (Lipinski definition) is 4. The second-order valence-corrected chi connectivity index (χ2v) is 7.48. The molecular formula is C18H17Cl2N3O2S. The summed E-state index contributed by atoms with van der Waals surface area (Å²) in [6.07, 6.45) is 3.28. The highest BCUT2D eigenvalue weighted by Gasteiger charge is 2.10. The average Bonchev–Trinajstić information content (AvgIpc) is 3.23. The number of thiophene rings is 1. The van der Waals surface area contributed by atoms with E-state index < -0.39 is 0 Å². The molecule has 2 aromatic heterocycles. The SMILES string of the molecule is Cc1cc(Cl)ccc1OCc1csc(C(=O)NCCn2cc(Cl)cn2)c1. The molecular weight excluding hydrogens is 393 g/mol. The van der Waals surface area contributed by atoms with E-state index in [4.69, 9.17) is 27.9 Å². The molecule has 0 unspecified atom stereocenters. The summed E-state index contributed by atoms with van der Waals surface area (Å²) in [4.78, 5) is 12.9. The molecule has 0 saturated carbocycles. The Morgan fingerprint density at radius 2 is 2.15 bits per heavy atom. The van der Waals surface area contributed by atoms with E-state index in [1.54, 1.807) is 23.1 Å². The van der Waals surface area contributed by atoms with Gasteiger partial charge in [-0.1, -0.05) is 23.2 Å². The van der Waals surface area contributed by atoms with E-state index in [1.807, 2.05) is 30.5 Å². The third kappa shape index (κ3) is 5.00. The Hall–Kier alpha value is -2.02. The number of aryl methyl sites for hydroxylation is 1. The Morgan fingerprint density at radius 3 is 2.88 bits per heavy atom. The van der Waals surface area contributed by atoms with E-state index in [-0.39, 0.29) is 5.91 Å². The third-order valence-electron chi connectivity index (χ3n) is 3.64. The molecule has 1 aromatic carbocycles. The number of aromatic nitrogens is 2. The van der Waals surface area contributed by atoms with Crippen LogP contribution in [-0.4, -0.2) is 22.2 Å². The van der Waals surface area contributed by atoms with Crippen molar-refractivity contribution in [2.75, 3.05) is 6.54 Å². The lowest BCUT2D eigenvalue weighted by atomic mass is 10.2. The molecule has 1 amide bonds. The molecule has 0 aliphatic carbocycles. The van der Waals surface area contributed by atoms with Crippen LogP contribution in [0.1, 0.15) is 20.8 Å². The Balaban J connectivity index is 1.49. The van der Waals surface area contributed by atoms with Crippen molar-refractivity contribution in [2.24, 2.45) is 0 Å². The number of halogens is 2. The Bertz CT molecular complexity index is 907. The second kappa shape index (κ2) is 8.58. The van der Waals surface area contributed by atoms with Crippen LogP contribution in [0.15, 0.2) is 42.0 Å². The van der Waals surface area contributed by atoms with E-state index in [0.717, 1.165) is 16.9 Å². The number of nitrogens with zero attached hydrogens (tertiary/aromatic N) is 2. The highest BCUT2D eigenvalue weighted by atomic mass is 35.5. The minimum atomic E-state index is -0.109. The molecule has 3 aromatic rings. The molecule has 3 rings (SSSR count). The van der Waals surface area contributed by atoms with Gasteiger partial charge in [-0.2, -0.15) is 5.10 Å². The predicted molar refractivity (Wildman–Crippen MR) is 104 cm³/mol. The Kier molecular flexibility index (Phi) is 6.19. The van der Waals surface area contributed by atoms with Crippen molar-refractivity contribution in [3.8, 4) is 5.75 Å². The van der Waals surface area contributed by atoms with Crippen LogP contribution in [0.3, 0.4) is 0 Å². The van der Waals surface area contributed by atoms with Crippen LogP contribution in [0.5, 0.6) is 5.75 Å². The first-order chi connectivity index (χ1) is 12.5. The molecule has 136 valence electrons. The standard InChI is InChI=1S/C18H17Cl2N3O2S/c1-12-6-14(19)2-3-16(12)25-10-13-7-17(26-11-13)18(24)21-4-5-23-9-15(20)8-22-23/h2-3,6-9,11H,4-5,10H2,1H3,(H,21,24). The highest BCUT2D eigenvalue weighted by molar-refractivity contribution is 7.12. The van der Waals surface area contributed by atoms with Gasteiger partial charge in [-0.05, 0) is 42.1 Å². The van der Waals surface area contributed by atoms with Gasteiger partial charge < -0.3 is 10.1 Å². The smallest absolute Gasteiger partial charge is 0.261 e. The largest absolute Gasteiger partial charge is 0.489 e. The van der Waals surface area contributed by atoms with Crippen LogP contribution in [0.25, 0.3) is 0 Å². The van der Waals surface area contributed by atoms with Crippen LogP contribution >= 0.6 is 34.5 Å². The van der Waals surface area contributed by atoms with Gasteiger partial charge in [0.2, 0.25) is 0 Å². The number of carbonyl (C=O) groups is 1. The zero-order valence-electron chi connectivity index (χ0n) is 14.0.